The maximum absolute atomic E-state index is 12.3. The number of aliphatic hydroxyl groups is 1. The smallest absolute Gasteiger partial charge is 0.317 e. The van der Waals surface area contributed by atoms with E-state index in [0.29, 0.717) is 44.4 Å². The highest BCUT2D eigenvalue weighted by molar-refractivity contribution is 5.91. The van der Waals surface area contributed by atoms with Crippen molar-refractivity contribution >= 4 is 11.9 Å². The number of rotatable bonds is 5. The van der Waals surface area contributed by atoms with E-state index in [2.05, 4.69) is 5.32 Å². The molecule has 1 atom stereocenters. The summed E-state index contributed by atoms with van der Waals surface area (Å²) in [7, 11) is 0. The number of nitrogens with one attached hydrogen (secondary N) is 1. The molecule has 134 valence electrons. The van der Waals surface area contributed by atoms with Gasteiger partial charge in [0, 0.05) is 45.2 Å². The van der Waals surface area contributed by atoms with E-state index in [1.807, 2.05) is 13.8 Å². The number of carbonyl (C=O) groups excluding carboxylic acids is 2. The summed E-state index contributed by atoms with van der Waals surface area (Å²) in [6.07, 6.45) is 2.21. The largest absolute Gasteiger partial charge is 0.459 e. The highest BCUT2D eigenvalue weighted by atomic mass is 16.3. The van der Waals surface area contributed by atoms with Crippen LogP contribution in [0.3, 0.4) is 0 Å². The molecule has 0 aliphatic carbocycles. The molecule has 7 heteroatoms. The number of furan rings is 1. The first-order chi connectivity index (χ1) is 11.5. The zero-order valence-corrected chi connectivity index (χ0v) is 14.4. The molecular formula is C17H27N3O4. The third-order valence-corrected chi connectivity index (χ3v) is 4.50. The SMILES string of the molecule is CC(C)[C@H](CO)CNC(=O)N1CCCN(C(=O)c2ccco2)CC1. The van der Waals surface area contributed by atoms with E-state index < -0.39 is 0 Å². The Morgan fingerprint density at radius 2 is 1.96 bits per heavy atom. The zero-order chi connectivity index (χ0) is 17.5. The maximum atomic E-state index is 12.3. The molecule has 1 saturated heterocycles. The molecule has 1 aromatic heterocycles. The number of urea groups is 1. The van der Waals surface area contributed by atoms with Gasteiger partial charge in [0.05, 0.1) is 6.26 Å². The monoisotopic (exact) mass is 337 g/mol. The van der Waals surface area contributed by atoms with Crippen LogP contribution in [0.25, 0.3) is 0 Å². The molecule has 0 spiro atoms. The van der Waals surface area contributed by atoms with Crippen molar-refractivity contribution in [3.8, 4) is 0 Å². The van der Waals surface area contributed by atoms with E-state index in [0.717, 1.165) is 6.42 Å². The molecule has 3 amide bonds. The van der Waals surface area contributed by atoms with E-state index in [1.54, 1.807) is 21.9 Å². The van der Waals surface area contributed by atoms with E-state index in [-0.39, 0.29) is 24.5 Å². The highest BCUT2D eigenvalue weighted by Crippen LogP contribution is 2.11. The summed E-state index contributed by atoms with van der Waals surface area (Å²) in [6, 6.07) is 3.21. The Hall–Kier alpha value is -2.02. The van der Waals surface area contributed by atoms with Crippen molar-refractivity contribution in [3.63, 3.8) is 0 Å². The molecule has 1 aliphatic heterocycles. The van der Waals surface area contributed by atoms with Gasteiger partial charge in [-0.1, -0.05) is 13.8 Å². The van der Waals surface area contributed by atoms with E-state index in [4.69, 9.17) is 4.42 Å². The second kappa shape index (κ2) is 8.73. The van der Waals surface area contributed by atoms with E-state index >= 15 is 0 Å². The summed E-state index contributed by atoms with van der Waals surface area (Å²) < 4.78 is 5.16. The fraction of sp³-hybridized carbons (Fsp3) is 0.647. The first-order valence-corrected chi connectivity index (χ1v) is 8.49. The average Bonchev–Trinajstić information content (AvgIpc) is 2.98. The third kappa shape index (κ3) is 4.74. The van der Waals surface area contributed by atoms with Crippen LogP contribution in [0, 0.1) is 11.8 Å². The Balaban J connectivity index is 1.84. The molecule has 0 aromatic carbocycles. The van der Waals surface area contributed by atoms with Gasteiger partial charge in [-0.2, -0.15) is 0 Å². The molecule has 1 fully saturated rings. The van der Waals surface area contributed by atoms with Gasteiger partial charge in [0.25, 0.3) is 5.91 Å². The lowest BCUT2D eigenvalue weighted by molar-refractivity contribution is 0.0730. The quantitative estimate of drug-likeness (QED) is 0.850. The van der Waals surface area contributed by atoms with Gasteiger partial charge in [0.2, 0.25) is 0 Å². The predicted octanol–water partition coefficient (Wildman–Crippen LogP) is 1.40. The molecule has 0 saturated carbocycles. The number of carbonyl (C=O) groups is 2. The Morgan fingerprint density at radius 3 is 2.58 bits per heavy atom. The van der Waals surface area contributed by atoms with Crippen molar-refractivity contribution in [2.75, 3.05) is 39.3 Å². The topological polar surface area (TPSA) is 86.0 Å². The Bertz CT molecular complexity index is 530. The fourth-order valence-electron chi connectivity index (χ4n) is 2.72. The molecule has 1 aromatic rings. The Kier molecular flexibility index (Phi) is 6.66. The minimum absolute atomic E-state index is 0.0537. The van der Waals surface area contributed by atoms with Gasteiger partial charge in [-0.25, -0.2) is 4.79 Å². The van der Waals surface area contributed by atoms with Crippen LogP contribution < -0.4 is 5.32 Å². The fourth-order valence-corrected chi connectivity index (χ4v) is 2.72. The lowest BCUT2D eigenvalue weighted by atomic mass is 9.97. The van der Waals surface area contributed by atoms with Crippen molar-refractivity contribution in [2.45, 2.75) is 20.3 Å². The summed E-state index contributed by atoms with van der Waals surface area (Å²) in [5, 5.41) is 12.2. The molecule has 24 heavy (non-hydrogen) atoms. The molecule has 0 bridgehead atoms. The minimum atomic E-state index is -0.138. The summed E-state index contributed by atoms with van der Waals surface area (Å²) >= 11 is 0. The normalized spacial score (nSPS) is 16.8. The minimum Gasteiger partial charge on any atom is -0.459 e. The van der Waals surface area contributed by atoms with Crippen LogP contribution in [-0.2, 0) is 0 Å². The number of hydrogen-bond donors (Lipinski definition) is 2. The first-order valence-electron chi connectivity index (χ1n) is 8.49. The molecule has 7 nitrogen and oxygen atoms in total. The van der Waals surface area contributed by atoms with Gasteiger partial charge in [-0.3, -0.25) is 4.79 Å². The van der Waals surface area contributed by atoms with Gasteiger partial charge in [0.1, 0.15) is 0 Å². The van der Waals surface area contributed by atoms with Crippen molar-refractivity contribution < 1.29 is 19.1 Å². The van der Waals surface area contributed by atoms with Gasteiger partial charge in [0.15, 0.2) is 5.76 Å². The van der Waals surface area contributed by atoms with Gasteiger partial charge >= 0.3 is 6.03 Å². The number of hydrogen-bond acceptors (Lipinski definition) is 4. The van der Waals surface area contributed by atoms with Gasteiger partial charge in [-0.05, 0) is 24.5 Å². The molecule has 2 rings (SSSR count). The third-order valence-electron chi connectivity index (χ3n) is 4.50. The summed E-state index contributed by atoms with van der Waals surface area (Å²) in [4.78, 5) is 28.1. The van der Waals surface area contributed by atoms with Crippen molar-refractivity contribution in [3.05, 3.63) is 24.2 Å². The summed E-state index contributed by atoms with van der Waals surface area (Å²) in [5.74, 6) is 0.553. The van der Waals surface area contributed by atoms with Crippen molar-refractivity contribution in [2.24, 2.45) is 11.8 Å². The Labute approximate surface area is 142 Å². The van der Waals surface area contributed by atoms with Crippen LogP contribution in [-0.4, -0.2) is 66.2 Å². The zero-order valence-electron chi connectivity index (χ0n) is 14.4. The molecular weight excluding hydrogens is 310 g/mol. The van der Waals surface area contributed by atoms with Crippen molar-refractivity contribution in [1.29, 1.82) is 0 Å². The van der Waals surface area contributed by atoms with E-state index in [9.17, 15) is 14.7 Å². The molecule has 0 radical (unpaired) electrons. The first kappa shape index (κ1) is 18.3. The highest BCUT2D eigenvalue weighted by Gasteiger charge is 2.24. The molecule has 2 heterocycles. The van der Waals surface area contributed by atoms with Crippen LogP contribution in [0.5, 0.6) is 0 Å². The second-order valence-corrected chi connectivity index (χ2v) is 6.48. The number of aliphatic hydroxyl groups excluding tert-OH is 1. The van der Waals surface area contributed by atoms with Crippen molar-refractivity contribution in [1.82, 2.24) is 15.1 Å². The van der Waals surface area contributed by atoms with Gasteiger partial charge < -0.3 is 24.6 Å². The predicted molar refractivity (Wildman–Crippen MR) is 89.6 cm³/mol. The number of nitrogens with zero attached hydrogens (tertiary/aromatic N) is 2. The molecule has 1 aliphatic rings. The van der Waals surface area contributed by atoms with E-state index in [1.165, 1.54) is 6.26 Å². The van der Waals surface area contributed by atoms with Crippen LogP contribution in [0.2, 0.25) is 0 Å². The lowest BCUT2D eigenvalue weighted by Gasteiger charge is -2.24. The van der Waals surface area contributed by atoms with Crippen LogP contribution in [0.4, 0.5) is 4.79 Å². The van der Waals surface area contributed by atoms with Gasteiger partial charge in [-0.15, -0.1) is 0 Å². The molecule has 2 N–H and O–H groups in total. The second-order valence-electron chi connectivity index (χ2n) is 6.48. The Morgan fingerprint density at radius 1 is 1.25 bits per heavy atom. The lowest BCUT2D eigenvalue weighted by Crippen LogP contribution is -2.44. The van der Waals surface area contributed by atoms with Crippen LogP contribution in [0.15, 0.2) is 22.8 Å². The average molecular weight is 337 g/mol. The number of amides is 3. The van der Waals surface area contributed by atoms with Crippen LogP contribution >= 0.6 is 0 Å². The van der Waals surface area contributed by atoms with Crippen LogP contribution in [0.1, 0.15) is 30.8 Å². The summed E-state index contributed by atoms with van der Waals surface area (Å²) in [6.45, 7) is 6.76. The summed E-state index contributed by atoms with van der Waals surface area (Å²) in [5.41, 5.74) is 0. The maximum Gasteiger partial charge on any atom is 0.317 e. The molecule has 0 unspecified atom stereocenters. The standard InChI is InChI=1S/C17H27N3O4/c1-13(2)14(12-21)11-18-17(23)20-7-4-6-19(8-9-20)16(22)15-5-3-10-24-15/h3,5,10,13-14,21H,4,6-9,11-12H2,1-2H3,(H,18,23)/t14-/m0/s1.